The Morgan fingerprint density at radius 2 is 1.71 bits per heavy atom. The third-order valence-corrected chi connectivity index (χ3v) is 6.43. The van der Waals surface area contributed by atoms with E-state index in [-0.39, 0.29) is 11.8 Å². The number of carbonyl (C=O) groups excluding carboxylic acids is 1. The van der Waals surface area contributed by atoms with Gasteiger partial charge in [0.05, 0.1) is 0 Å². The van der Waals surface area contributed by atoms with Gasteiger partial charge in [-0.1, -0.05) is 57.4 Å². The Labute approximate surface area is 150 Å². The van der Waals surface area contributed by atoms with Crippen LogP contribution in [0.25, 0.3) is 0 Å². The quantitative estimate of drug-likeness (QED) is 0.569. The van der Waals surface area contributed by atoms with Crippen molar-refractivity contribution in [1.82, 2.24) is 0 Å². The Kier molecular flexibility index (Phi) is 6.61. The summed E-state index contributed by atoms with van der Waals surface area (Å²) < 4.78 is 0. The molecule has 0 saturated heterocycles. The topological polar surface area (TPSA) is 55.1 Å². The minimum absolute atomic E-state index is 0.191. The largest absolute Gasteiger partial charge is 0.326 e. The van der Waals surface area contributed by atoms with Gasteiger partial charge in [-0.15, -0.1) is 0 Å². The SMILES string of the molecule is NSc1cccc(NC(=O)[C@@H]2CCCCC2C2CCCCCC2)c1. The summed E-state index contributed by atoms with van der Waals surface area (Å²) in [5.41, 5.74) is 0.876. The van der Waals surface area contributed by atoms with Crippen molar-refractivity contribution in [2.75, 3.05) is 5.32 Å². The average Bonchev–Trinajstić information content (AvgIpc) is 2.91. The molecule has 0 aromatic heterocycles. The lowest BCUT2D eigenvalue weighted by Gasteiger charge is -2.36. The highest BCUT2D eigenvalue weighted by molar-refractivity contribution is 7.97. The molecule has 3 N–H and O–H groups in total. The molecular weight excluding hydrogens is 316 g/mol. The van der Waals surface area contributed by atoms with Crippen molar-refractivity contribution >= 4 is 23.5 Å². The van der Waals surface area contributed by atoms with Crippen LogP contribution in [0.4, 0.5) is 5.69 Å². The van der Waals surface area contributed by atoms with E-state index in [1.54, 1.807) is 0 Å². The highest BCUT2D eigenvalue weighted by atomic mass is 32.2. The first kappa shape index (κ1) is 17.8. The predicted molar refractivity (Wildman–Crippen MR) is 102 cm³/mol. The van der Waals surface area contributed by atoms with Crippen LogP contribution in [0, 0.1) is 17.8 Å². The molecule has 0 radical (unpaired) electrons. The lowest BCUT2D eigenvalue weighted by molar-refractivity contribution is -0.123. The molecule has 3 nitrogen and oxygen atoms in total. The van der Waals surface area contributed by atoms with E-state index in [1.165, 1.54) is 69.7 Å². The van der Waals surface area contributed by atoms with Gasteiger partial charge in [0, 0.05) is 16.5 Å². The molecule has 0 heterocycles. The minimum atomic E-state index is 0.191. The standard InChI is InChI=1S/C20H30N2OS/c21-24-17-11-7-10-16(14-17)22-20(23)19-13-6-5-12-18(19)15-8-3-1-2-4-9-15/h7,10-11,14-15,18-19H,1-6,8-9,12-13,21H2,(H,22,23)/t18?,19-/m1/s1. The molecule has 24 heavy (non-hydrogen) atoms. The van der Waals surface area contributed by atoms with Gasteiger partial charge in [-0.2, -0.15) is 0 Å². The van der Waals surface area contributed by atoms with Crippen molar-refractivity contribution in [3.63, 3.8) is 0 Å². The van der Waals surface area contributed by atoms with Gasteiger partial charge in [0.25, 0.3) is 0 Å². The zero-order chi connectivity index (χ0) is 16.8. The average molecular weight is 347 g/mol. The Bertz CT molecular complexity index is 540. The van der Waals surface area contributed by atoms with E-state index in [1.807, 2.05) is 24.3 Å². The van der Waals surface area contributed by atoms with Gasteiger partial charge in [-0.05, 0) is 54.8 Å². The maximum absolute atomic E-state index is 13.0. The normalized spacial score (nSPS) is 25.9. The van der Waals surface area contributed by atoms with E-state index < -0.39 is 0 Å². The number of nitrogens with one attached hydrogen (secondary N) is 1. The monoisotopic (exact) mass is 346 g/mol. The predicted octanol–water partition coefficient (Wildman–Crippen LogP) is 5.37. The molecule has 0 spiro atoms. The maximum atomic E-state index is 13.0. The number of nitrogens with two attached hydrogens (primary N) is 1. The molecule has 0 bridgehead atoms. The summed E-state index contributed by atoms with van der Waals surface area (Å²) in [6, 6.07) is 7.84. The van der Waals surface area contributed by atoms with Crippen molar-refractivity contribution in [2.24, 2.45) is 22.9 Å². The Balaban J connectivity index is 1.68. The van der Waals surface area contributed by atoms with Crippen LogP contribution in [-0.2, 0) is 4.79 Å². The van der Waals surface area contributed by atoms with Gasteiger partial charge in [-0.3, -0.25) is 9.93 Å². The number of carbonyl (C=O) groups is 1. The fraction of sp³-hybridized carbons (Fsp3) is 0.650. The summed E-state index contributed by atoms with van der Waals surface area (Å²) in [7, 11) is 0. The Hall–Kier alpha value is -1.00. The van der Waals surface area contributed by atoms with Crippen LogP contribution >= 0.6 is 11.9 Å². The van der Waals surface area contributed by atoms with Gasteiger partial charge in [0.15, 0.2) is 0 Å². The third-order valence-electron chi connectivity index (χ3n) is 5.90. The van der Waals surface area contributed by atoms with Gasteiger partial charge < -0.3 is 5.32 Å². The van der Waals surface area contributed by atoms with E-state index in [0.29, 0.717) is 5.92 Å². The smallest absolute Gasteiger partial charge is 0.227 e. The van der Waals surface area contributed by atoms with Crippen LogP contribution in [0.3, 0.4) is 0 Å². The second-order valence-corrected chi connectivity index (χ2v) is 8.15. The first-order valence-corrected chi connectivity index (χ1v) is 10.4. The molecule has 1 unspecified atom stereocenters. The van der Waals surface area contributed by atoms with Crippen molar-refractivity contribution in [2.45, 2.75) is 69.1 Å². The molecule has 1 amide bonds. The van der Waals surface area contributed by atoms with Gasteiger partial charge >= 0.3 is 0 Å². The van der Waals surface area contributed by atoms with Gasteiger partial charge in [0.1, 0.15) is 0 Å². The summed E-state index contributed by atoms with van der Waals surface area (Å²) in [6.45, 7) is 0. The summed E-state index contributed by atoms with van der Waals surface area (Å²) in [5.74, 6) is 1.76. The maximum Gasteiger partial charge on any atom is 0.227 e. The van der Waals surface area contributed by atoms with Crippen molar-refractivity contribution < 1.29 is 4.79 Å². The van der Waals surface area contributed by atoms with Gasteiger partial charge in [-0.25, -0.2) is 0 Å². The molecule has 2 saturated carbocycles. The summed E-state index contributed by atoms with van der Waals surface area (Å²) >= 11 is 1.22. The lowest BCUT2D eigenvalue weighted by Crippen LogP contribution is -2.35. The fourth-order valence-electron chi connectivity index (χ4n) is 4.67. The van der Waals surface area contributed by atoms with Crippen LogP contribution in [0.5, 0.6) is 0 Å². The van der Waals surface area contributed by atoms with Crippen LogP contribution in [0.1, 0.15) is 64.2 Å². The van der Waals surface area contributed by atoms with E-state index in [9.17, 15) is 4.79 Å². The number of amides is 1. The zero-order valence-corrected chi connectivity index (χ0v) is 15.3. The molecule has 2 fully saturated rings. The molecule has 132 valence electrons. The van der Waals surface area contributed by atoms with E-state index >= 15 is 0 Å². The number of hydrogen-bond donors (Lipinski definition) is 2. The lowest BCUT2D eigenvalue weighted by atomic mass is 9.70. The van der Waals surface area contributed by atoms with Crippen LogP contribution in [0.15, 0.2) is 29.2 Å². The van der Waals surface area contributed by atoms with Crippen molar-refractivity contribution in [3.8, 4) is 0 Å². The molecule has 3 rings (SSSR count). The fourth-order valence-corrected chi connectivity index (χ4v) is 5.02. The summed E-state index contributed by atoms with van der Waals surface area (Å²) in [6.07, 6.45) is 12.9. The Morgan fingerprint density at radius 1 is 1.00 bits per heavy atom. The molecule has 2 aliphatic rings. The van der Waals surface area contributed by atoms with Crippen molar-refractivity contribution in [3.05, 3.63) is 24.3 Å². The zero-order valence-electron chi connectivity index (χ0n) is 14.5. The van der Waals surface area contributed by atoms with E-state index in [0.717, 1.165) is 22.9 Å². The van der Waals surface area contributed by atoms with Crippen LogP contribution in [-0.4, -0.2) is 5.91 Å². The number of hydrogen-bond acceptors (Lipinski definition) is 3. The molecule has 4 heteroatoms. The van der Waals surface area contributed by atoms with Gasteiger partial charge in [0.2, 0.25) is 5.91 Å². The highest BCUT2D eigenvalue weighted by Crippen LogP contribution is 2.41. The molecule has 1 aromatic rings. The molecular formula is C20H30N2OS. The van der Waals surface area contributed by atoms with E-state index in [2.05, 4.69) is 5.32 Å². The third kappa shape index (κ3) is 4.54. The number of anilines is 1. The number of rotatable bonds is 4. The first-order chi connectivity index (χ1) is 11.8. The van der Waals surface area contributed by atoms with Crippen LogP contribution < -0.4 is 10.5 Å². The minimum Gasteiger partial charge on any atom is -0.326 e. The number of benzene rings is 1. The molecule has 2 aliphatic carbocycles. The highest BCUT2D eigenvalue weighted by Gasteiger charge is 2.36. The van der Waals surface area contributed by atoms with E-state index in [4.69, 9.17) is 5.14 Å². The Morgan fingerprint density at radius 3 is 2.46 bits per heavy atom. The second kappa shape index (κ2) is 8.91. The first-order valence-electron chi connectivity index (χ1n) is 9.55. The van der Waals surface area contributed by atoms with Crippen molar-refractivity contribution in [1.29, 1.82) is 0 Å². The molecule has 1 aromatic carbocycles. The summed E-state index contributed by atoms with van der Waals surface area (Å²) in [4.78, 5) is 13.9. The molecule has 0 aliphatic heterocycles. The molecule has 2 atom stereocenters. The van der Waals surface area contributed by atoms with Crippen LogP contribution in [0.2, 0.25) is 0 Å². The second-order valence-electron chi connectivity index (χ2n) is 7.44. The summed E-state index contributed by atoms with van der Waals surface area (Å²) in [5, 5.41) is 8.79.